The zero-order valence-corrected chi connectivity index (χ0v) is 16.0. The van der Waals surface area contributed by atoms with Crippen molar-refractivity contribution in [2.45, 2.75) is 64.8 Å². The van der Waals surface area contributed by atoms with Gasteiger partial charge in [-0.1, -0.05) is 63.8 Å². The van der Waals surface area contributed by atoms with Crippen molar-refractivity contribution in [3.05, 3.63) is 34.9 Å². The van der Waals surface area contributed by atoms with Gasteiger partial charge in [-0.3, -0.25) is 0 Å². The van der Waals surface area contributed by atoms with Gasteiger partial charge >= 0.3 is 9.28 Å². The van der Waals surface area contributed by atoms with Crippen LogP contribution in [0, 0.1) is 0 Å². The minimum absolute atomic E-state index is 0.349. The number of rotatable bonds is 12. The standard InChI is InChI=1S/C18H30ClO2Si/c1-4-7-13-20-22(21-14-8-5-2)18(10-6-3)16-11-9-12-17(19)15-16/h9,11-12,15,18H,4-8,10,13-14H2,1-3H3. The fourth-order valence-corrected chi connectivity index (χ4v) is 4.66. The second-order valence-corrected chi connectivity index (χ2v) is 7.97. The predicted octanol–water partition coefficient (Wildman–Crippen LogP) is 5.88. The topological polar surface area (TPSA) is 18.5 Å². The number of hydrogen-bond acceptors (Lipinski definition) is 2. The van der Waals surface area contributed by atoms with Crippen LogP contribution in [0.3, 0.4) is 0 Å². The molecule has 125 valence electrons. The fraction of sp³-hybridized carbons (Fsp3) is 0.667. The molecule has 0 saturated heterocycles. The van der Waals surface area contributed by atoms with Crippen LogP contribution in [0.2, 0.25) is 5.02 Å². The molecule has 0 N–H and O–H groups in total. The molecule has 0 fully saturated rings. The molecule has 0 aromatic heterocycles. The number of halogens is 1. The highest BCUT2D eigenvalue weighted by Gasteiger charge is 2.29. The van der Waals surface area contributed by atoms with Crippen molar-refractivity contribution >= 4 is 20.9 Å². The second-order valence-electron chi connectivity index (χ2n) is 5.62. The van der Waals surface area contributed by atoms with E-state index in [1.54, 1.807) is 0 Å². The average Bonchev–Trinajstić information content (AvgIpc) is 2.52. The molecule has 0 heterocycles. The van der Waals surface area contributed by atoms with E-state index in [0.29, 0.717) is 5.54 Å². The summed E-state index contributed by atoms with van der Waals surface area (Å²) in [5, 5.41) is 0.794. The summed E-state index contributed by atoms with van der Waals surface area (Å²) in [6.45, 7) is 8.20. The highest BCUT2D eigenvalue weighted by Crippen LogP contribution is 2.28. The van der Waals surface area contributed by atoms with Crippen LogP contribution >= 0.6 is 11.6 Å². The largest absolute Gasteiger partial charge is 0.393 e. The maximum atomic E-state index is 6.18. The molecule has 1 radical (unpaired) electrons. The summed E-state index contributed by atoms with van der Waals surface area (Å²) in [6, 6.07) is 8.18. The Morgan fingerprint density at radius 2 is 1.64 bits per heavy atom. The Morgan fingerprint density at radius 1 is 1.00 bits per heavy atom. The van der Waals surface area contributed by atoms with Gasteiger partial charge < -0.3 is 8.85 Å². The molecule has 0 saturated carbocycles. The third-order valence-corrected chi connectivity index (χ3v) is 6.00. The van der Waals surface area contributed by atoms with Gasteiger partial charge in [0.15, 0.2) is 0 Å². The maximum Gasteiger partial charge on any atom is 0.392 e. The van der Waals surface area contributed by atoms with Crippen LogP contribution in [0.25, 0.3) is 0 Å². The molecule has 1 aromatic rings. The quantitative estimate of drug-likeness (QED) is 0.349. The SMILES string of the molecule is CCCCO[Si](OCCCC)C(CCC)c1cccc(Cl)c1. The van der Waals surface area contributed by atoms with Crippen LogP contribution in [-0.4, -0.2) is 22.5 Å². The van der Waals surface area contributed by atoms with Gasteiger partial charge in [0, 0.05) is 23.8 Å². The van der Waals surface area contributed by atoms with E-state index >= 15 is 0 Å². The zero-order chi connectivity index (χ0) is 16.2. The number of benzene rings is 1. The minimum atomic E-state index is -1.32. The lowest BCUT2D eigenvalue weighted by molar-refractivity contribution is 0.182. The van der Waals surface area contributed by atoms with E-state index in [1.165, 1.54) is 5.56 Å². The van der Waals surface area contributed by atoms with E-state index in [1.807, 2.05) is 12.1 Å². The second kappa shape index (κ2) is 12.1. The van der Waals surface area contributed by atoms with Crippen LogP contribution in [-0.2, 0) is 8.85 Å². The summed E-state index contributed by atoms with van der Waals surface area (Å²) in [4.78, 5) is 0. The van der Waals surface area contributed by atoms with Crippen LogP contribution < -0.4 is 0 Å². The molecule has 22 heavy (non-hydrogen) atoms. The molecule has 4 heteroatoms. The van der Waals surface area contributed by atoms with Crippen molar-refractivity contribution < 1.29 is 8.85 Å². The van der Waals surface area contributed by atoms with Crippen molar-refractivity contribution in [1.29, 1.82) is 0 Å². The molecule has 0 amide bonds. The van der Waals surface area contributed by atoms with E-state index in [4.69, 9.17) is 20.5 Å². The smallest absolute Gasteiger partial charge is 0.392 e. The Morgan fingerprint density at radius 3 is 2.14 bits per heavy atom. The van der Waals surface area contributed by atoms with Gasteiger partial charge in [0.2, 0.25) is 0 Å². The molecular weight excluding hydrogens is 312 g/mol. The lowest BCUT2D eigenvalue weighted by Crippen LogP contribution is -2.32. The van der Waals surface area contributed by atoms with E-state index in [-0.39, 0.29) is 0 Å². The van der Waals surface area contributed by atoms with Gasteiger partial charge in [0.05, 0.1) is 0 Å². The van der Waals surface area contributed by atoms with Crippen LogP contribution in [0.1, 0.15) is 70.4 Å². The average molecular weight is 342 g/mol. The van der Waals surface area contributed by atoms with Crippen LogP contribution in [0.4, 0.5) is 0 Å². The summed E-state index contributed by atoms with van der Waals surface area (Å²) in [5.74, 6) is 0. The van der Waals surface area contributed by atoms with Gasteiger partial charge in [-0.25, -0.2) is 0 Å². The summed E-state index contributed by atoms with van der Waals surface area (Å²) in [7, 11) is -1.32. The molecule has 1 rings (SSSR count). The Hall–Kier alpha value is -0.353. The highest BCUT2D eigenvalue weighted by atomic mass is 35.5. The number of hydrogen-bond donors (Lipinski definition) is 0. The Kier molecular flexibility index (Phi) is 10.8. The van der Waals surface area contributed by atoms with Gasteiger partial charge in [0.25, 0.3) is 0 Å². The number of unbranched alkanes of at least 4 members (excludes halogenated alkanes) is 2. The first-order valence-corrected chi connectivity index (χ1v) is 10.4. The summed E-state index contributed by atoms with van der Waals surface area (Å²) >= 11 is 6.18. The van der Waals surface area contributed by atoms with E-state index < -0.39 is 9.28 Å². The van der Waals surface area contributed by atoms with Gasteiger partial charge in [-0.2, -0.15) is 0 Å². The van der Waals surface area contributed by atoms with E-state index in [0.717, 1.165) is 56.8 Å². The lowest BCUT2D eigenvalue weighted by atomic mass is 10.1. The van der Waals surface area contributed by atoms with Crippen molar-refractivity contribution in [3.8, 4) is 0 Å². The first-order chi connectivity index (χ1) is 10.7. The van der Waals surface area contributed by atoms with Gasteiger partial charge in [-0.15, -0.1) is 0 Å². The molecule has 1 aromatic carbocycles. The van der Waals surface area contributed by atoms with Crippen molar-refractivity contribution in [3.63, 3.8) is 0 Å². The van der Waals surface area contributed by atoms with Crippen molar-refractivity contribution in [2.75, 3.05) is 13.2 Å². The minimum Gasteiger partial charge on any atom is -0.393 e. The molecule has 0 aliphatic rings. The first kappa shape index (κ1) is 19.7. The lowest BCUT2D eigenvalue weighted by Gasteiger charge is -2.24. The van der Waals surface area contributed by atoms with Crippen LogP contribution in [0.15, 0.2) is 24.3 Å². The van der Waals surface area contributed by atoms with Crippen LogP contribution in [0.5, 0.6) is 0 Å². The molecule has 0 spiro atoms. The fourth-order valence-electron chi connectivity index (χ4n) is 2.31. The van der Waals surface area contributed by atoms with E-state index in [9.17, 15) is 0 Å². The summed E-state index contributed by atoms with van der Waals surface area (Å²) in [6.07, 6.45) is 6.71. The summed E-state index contributed by atoms with van der Waals surface area (Å²) in [5.41, 5.74) is 1.61. The molecular formula is C18H30ClO2Si. The molecule has 0 aliphatic heterocycles. The Bertz CT molecular complexity index is 390. The van der Waals surface area contributed by atoms with Gasteiger partial charge in [-0.05, 0) is 37.0 Å². The maximum absolute atomic E-state index is 6.18. The van der Waals surface area contributed by atoms with Crippen molar-refractivity contribution in [1.82, 2.24) is 0 Å². The molecule has 1 unspecified atom stereocenters. The zero-order valence-electron chi connectivity index (χ0n) is 14.2. The summed E-state index contributed by atoms with van der Waals surface area (Å²) < 4.78 is 12.3. The molecule has 2 nitrogen and oxygen atoms in total. The normalized spacial score (nSPS) is 12.8. The third kappa shape index (κ3) is 7.27. The highest BCUT2D eigenvalue weighted by molar-refractivity contribution is 6.46. The first-order valence-electron chi connectivity index (χ1n) is 8.60. The van der Waals surface area contributed by atoms with Gasteiger partial charge in [0.1, 0.15) is 0 Å². The Labute approximate surface area is 143 Å². The Balaban J connectivity index is 2.81. The molecule has 0 aliphatic carbocycles. The monoisotopic (exact) mass is 341 g/mol. The predicted molar refractivity (Wildman–Crippen MR) is 96.6 cm³/mol. The van der Waals surface area contributed by atoms with Crippen molar-refractivity contribution in [2.24, 2.45) is 0 Å². The molecule has 1 atom stereocenters. The molecule has 0 bridgehead atoms. The third-order valence-electron chi connectivity index (χ3n) is 3.60. The van der Waals surface area contributed by atoms with E-state index in [2.05, 4.69) is 32.9 Å².